The monoisotopic (exact) mass is 321 g/mol. The molecule has 7 heteroatoms. The number of hydrogen-bond acceptors (Lipinski definition) is 5. The van der Waals surface area contributed by atoms with Crippen molar-refractivity contribution in [1.29, 1.82) is 0 Å². The summed E-state index contributed by atoms with van der Waals surface area (Å²) in [5.74, 6) is 0.308. The molecule has 0 fully saturated rings. The van der Waals surface area contributed by atoms with Crippen molar-refractivity contribution in [3.63, 3.8) is 0 Å². The molecule has 0 aliphatic rings. The molecule has 3 heterocycles. The van der Waals surface area contributed by atoms with Crippen LogP contribution in [-0.4, -0.2) is 25.7 Å². The average molecular weight is 321 g/mol. The van der Waals surface area contributed by atoms with Gasteiger partial charge >= 0.3 is 0 Å². The van der Waals surface area contributed by atoms with E-state index < -0.39 is 0 Å². The molecule has 0 aliphatic carbocycles. The van der Waals surface area contributed by atoms with Crippen molar-refractivity contribution in [2.45, 2.75) is 13.8 Å². The SMILES string of the molecule is Cc1nc2cc(NC(=O)c3ccc4c(C)nn(C)c4n3)ccc2o1. The molecule has 0 bridgehead atoms. The van der Waals surface area contributed by atoms with Crippen molar-refractivity contribution in [2.75, 3.05) is 5.32 Å². The topological polar surface area (TPSA) is 85.8 Å². The Balaban J connectivity index is 1.66. The number of pyridine rings is 1. The standard InChI is InChI=1S/C17H15N5O2/c1-9-12-5-6-13(20-16(12)22(3)21-9)17(23)19-11-4-7-15-14(8-11)18-10(2)24-15/h4-8H,1-3H3,(H,19,23). The van der Waals surface area contributed by atoms with Crippen LogP contribution in [0.15, 0.2) is 34.7 Å². The van der Waals surface area contributed by atoms with E-state index in [1.165, 1.54) is 0 Å². The number of oxazole rings is 1. The predicted octanol–water partition coefficient (Wildman–Crippen LogP) is 2.98. The molecule has 0 aliphatic heterocycles. The number of anilines is 1. The van der Waals surface area contributed by atoms with E-state index in [2.05, 4.69) is 20.4 Å². The zero-order valence-corrected chi connectivity index (χ0v) is 13.5. The molecular weight excluding hydrogens is 306 g/mol. The number of aryl methyl sites for hydroxylation is 3. The summed E-state index contributed by atoms with van der Waals surface area (Å²) in [5, 5.41) is 8.09. The van der Waals surface area contributed by atoms with Crippen molar-refractivity contribution >= 4 is 33.7 Å². The van der Waals surface area contributed by atoms with E-state index in [9.17, 15) is 4.79 Å². The molecule has 120 valence electrons. The molecule has 0 spiro atoms. The van der Waals surface area contributed by atoms with E-state index in [1.54, 1.807) is 35.9 Å². The molecule has 1 amide bonds. The fourth-order valence-electron chi connectivity index (χ4n) is 2.75. The molecule has 0 saturated heterocycles. The quantitative estimate of drug-likeness (QED) is 0.613. The third-order valence-electron chi connectivity index (χ3n) is 3.86. The van der Waals surface area contributed by atoms with Gasteiger partial charge in [0.25, 0.3) is 5.91 Å². The Kier molecular flexibility index (Phi) is 3.09. The third-order valence-corrected chi connectivity index (χ3v) is 3.86. The molecule has 24 heavy (non-hydrogen) atoms. The first-order valence-electron chi connectivity index (χ1n) is 7.50. The van der Waals surface area contributed by atoms with Gasteiger partial charge in [0.2, 0.25) is 0 Å². The van der Waals surface area contributed by atoms with Crippen molar-refractivity contribution < 1.29 is 9.21 Å². The Morgan fingerprint density at radius 1 is 1.17 bits per heavy atom. The maximum Gasteiger partial charge on any atom is 0.274 e. The molecule has 0 radical (unpaired) electrons. The highest BCUT2D eigenvalue weighted by atomic mass is 16.3. The van der Waals surface area contributed by atoms with Crippen LogP contribution in [0.2, 0.25) is 0 Å². The van der Waals surface area contributed by atoms with Gasteiger partial charge in [0.05, 0.1) is 5.69 Å². The second-order valence-corrected chi connectivity index (χ2v) is 5.65. The minimum absolute atomic E-state index is 0.282. The zero-order chi connectivity index (χ0) is 16.8. The van der Waals surface area contributed by atoms with Gasteiger partial charge in [-0.25, -0.2) is 9.97 Å². The number of hydrogen-bond donors (Lipinski definition) is 1. The number of aromatic nitrogens is 4. The lowest BCUT2D eigenvalue weighted by atomic mass is 10.2. The van der Waals surface area contributed by atoms with Crippen molar-refractivity contribution in [3.8, 4) is 0 Å². The van der Waals surface area contributed by atoms with Crippen LogP contribution in [0.3, 0.4) is 0 Å². The van der Waals surface area contributed by atoms with E-state index in [0.29, 0.717) is 34.0 Å². The van der Waals surface area contributed by atoms with Gasteiger partial charge < -0.3 is 9.73 Å². The van der Waals surface area contributed by atoms with E-state index >= 15 is 0 Å². The molecule has 1 aromatic carbocycles. The van der Waals surface area contributed by atoms with Gasteiger partial charge in [-0.3, -0.25) is 9.48 Å². The fourth-order valence-corrected chi connectivity index (χ4v) is 2.75. The summed E-state index contributed by atoms with van der Waals surface area (Å²) in [5.41, 5.74) is 3.94. The molecule has 7 nitrogen and oxygen atoms in total. The number of rotatable bonds is 2. The lowest BCUT2D eigenvalue weighted by Crippen LogP contribution is -2.14. The van der Waals surface area contributed by atoms with Gasteiger partial charge in [-0.1, -0.05) is 0 Å². The molecule has 0 saturated carbocycles. The summed E-state index contributed by atoms with van der Waals surface area (Å²) < 4.78 is 7.10. The number of carbonyl (C=O) groups excluding carboxylic acids is 1. The zero-order valence-electron chi connectivity index (χ0n) is 13.5. The number of benzene rings is 1. The van der Waals surface area contributed by atoms with Crippen LogP contribution >= 0.6 is 0 Å². The van der Waals surface area contributed by atoms with Gasteiger partial charge in [0, 0.05) is 25.0 Å². The number of fused-ring (bicyclic) bond motifs is 2. The molecule has 4 aromatic rings. The molecule has 3 aromatic heterocycles. The number of nitrogens with zero attached hydrogens (tertiary/aromatic N) is 4. The average Bonchev–Trinajstić information content (AvgIpc) is 3.06. The number of amides is 1. The first kappa shape index (κ1) is 14.4. The summed E-state index contributed by atoms with van der Waals surface area (Å²) in [6.07, 6.45) is 0. The van der Waals surface area contributed by atoms with Crippen LogP contribution in [0, 0.1) is 13.8 Å². The van der Waals surface area contributed by atoms with Crippen LogP contribution in [0.25, 0.3) is 22.1 Å². The highest BCUT2D eigenvalue weighted by Crippen LogP contribution is 2.21. The number of carbonyl (C=O) groups is 1. The normalized spacial score (nSPS) is 11.3. The van der Waals surface area contributed by atoms with Gasteiger partial charge in [0.1, 0.15) is 11.2 Å². The lowest BCUT2D eigenvalue weighted by Gasteiger charge is -2.05. The molecular formula is C17H15N5O2. The first-order valence-corrected chi connectivity index (χ1v) is 7.50. The summed E-state index contributed by atoms with van der Waals surface area (Å²) in [6, 6.07) is 8.90. The van der Waals surface area contributed by atoms with Crippen LogP contribution in [0.4, 0.5) is 5.69 Å². The van der Waals surface area contributed by atoms with Crippen LogP contribution in [-0.2, 0) is 7.05 Å². The van der Waals surface area contributed by atoms with Crippen LogP contribution in [0.5, 0.6) is 0 Å². The number of nitrogens with one attached hydrogen (secondary N) is 1. The van der Waals surface area contributed by atoms with Gasteiger partial charge in [-0.15, -0.1) is 0 Å². The van der Waals surface area contributed by atoms with E-state index in [0.717, 1.165) is 11.1 Å². The molecule has 0 atom stereocenters. The highest BCUT2D eigenvalue weighted by Gasteiger charge is 2.13. The molecule has 0 unspecified atom stereocenters. The summed E-state index contributed by atoms with van der Waals surface area (Å²) in [6.45, 7) is 3.70. The molecule has 4 rings (SSSR count). The largest absolute Gasteiger partial charge is 0.441 e. The van der Waals surface area contributed by atoms with Crippen LogP contribution < -0.4 is 5.32 Å². The van der Waals surface area contributed by atoms with Crippen molar-refractivity contribution in [2.24, 2.45) is 7.05 Å². The predicted molar refractivity (Wildman–Crippen MR) is 89.9 cm³/mol. The first-order chi connectivity index (χ1) is 11.5. The Bertz CT molecular complexity index is 1090. The fraction of sp³-hybridized carbons (Fsp3) is 0.176. The van der Waals surface area contributed by atoms with Crippen LogP contribution in [0.1, 0.15) is 22.1 Å². The van der Waals surface area contributed by atoms with Gasteiger partial charge in [0.15, 0.2) is 17.1 Å². The maximum absolute atomic E-state index is 12.5. The molecule has 1 N–H and O–H groups in total. The summed E-state index contributed by atoms with van der Waals surface area (Å²) in [4.78, 5) is 21.1. The Morgan fingerprint density at radius 3 is 2.83 bits per heavy atom. The van der Waals surface area contributed by atoms with Crippen molar-refractivity contribution in [1.82, 2.24) is 19.7 Å². The lowest BCUT2D eigenvalue weighted by molar-refractivity contribution is 0.102. The maximum atomic E-state index is 12.5. The van der Waals surface area contributed by atoms with Crippen molar-refractivity contribution in [3.05, 3.63) is 47.6 Å². The summed E-state index contributed by atoms with van der Waals surface area (Å²) >= 11 is 0. The van der Waals surface area contributed by atoms with E-state index in [4.69, 9.17) is 4.42 Å². The highest BCUT2D eigenvalue weighted by molar-refractivity contribution is 6.04. The minimum atomic E-state index is -0.282. The van der Waals surface area contributed by atoms with Gasteiger partial charge in [-0.2, -0.15) is 5.10 Å². The van der Waals surface area contributed by atoms with E-state index in [1.807, 2.05) is 20.0 Å². The Labute approximate surface area is 137 Å². The second-order valence-electron chi connectivity index (χ2n) is 5.65. The Hall–Kier alpha value is -3.22. The van der Waals surface area contributed by atoms with Gasteiger partial charge in [-0.05, 0) is 37.3 Å². The summed E-state index contributed by atoms with van der Waals surface area (Å²) in [7, 11) is 1.81. The third kappa shape index (κ3) is 2.30. The minimum Gasteiger partial charge on any atom is -0.441 e. The Morgan fingerprint density at radius 2 is 2.00 bits per heavy atom. The smallest absolute Gasteiger partial charge is 0.274 e. The second kappa shape index (κ2) is 5.16. The van der Waals surface area contributed by atoms with E-state index in [-0.39, 0.29) is 5.91 Å².